The second kappa shape index (κ2) is 9.16. The summed E-state index contributed by atoms with van der Waals surface area (Å²) in [4.78, 5) is 28.0. The van der Waals surface area contributed by atoms with Crippen LogP contribution in [-0.4, -0.2) is 32.6 Å². The summed E-state index contributed by atoms with van der Waals surface area (Å²) >= 11 is 4.78. The molecule has 0 saturated heterocycles. The van der Waals surface area contributed by atoms with Crippen LogP contribution in [0.4, 0.5) is 0 Å². The van der Waals surface area contributed by atoms with Crippen molar-refractivity contribution in [2.75, 3.05) is 5.75 Å². The van der Waals surface area contributed by atoms with Crippen molar-refractivity contribution in [3.05, 3.63) is 64.1 Å². The highest BCUT2D eigenvalue weighted by atomic mass is 79.9. The first-order valence-electron chi connectivity index (χ1n) is 8.64. The number of hydrogen-bond donors (Lipinski definition) is 2. The van der Waals surface area contributed by atoms with Gasteiger partial charge < -0.3 is 5.32 Å². The van der Waals surface area contributed by atoms with Gasteiger partial charge in [-0.3, -0.25) is 14.7 Å². The van der Waals surface area contributed by atoms with Gasteiger partial charge in [-0.15, -0.1) is 5.10 Å². The lowest BCUT2D eigenvalue weighted by molar-refractivity contribution is -0.119. The summed E-state index contributed by atoms with van der Waals surface area (Å²) in [6.07, 6.45) is 0. The summed E-state index contributed by atoms with van der Waals surface area (Å²) in [6.45, 7) is 3.39. The largest absolute Gasteiger partial charge is 0.350 e. The van der Waals surface area contributed by atoms with Crippen LogP contribution >= 0.6 is 27.7 Å². The smallest absolute Gasteiger partial charge is 0.217 e. The standard InChI is InChI=1S/C20H19BrN4O2S/c1-12(22-13(2)26)14-7-9-15(10-8-14)18(27)11-28-20-23-19(24-25-20)16-5-3-4-6-17(16)21/h3-10,12H,11H2,1-2H3,(H,22,26)(H,23,24,25). The molecule has 144 valence electrons. The van der Waals surface area contributed by atoms with Crippen LogP contribution in [0.2, 0.25) is 0 Å². The monoisotopic (exact) mass is 458 g/mol. The van der Waals surface area contributed by atoms with Crippen molar-refractivity contribution in [3.63, 3.8) is 0 Å². The molecule has 2 aromatic carbocycles. The predicted octanol–water partition coefficient (Wildman–Crippen LogP) is 4.41. The number of halogens is 1. The van der Waals surface area contributed by atoms with E-state index in [0.29, 0.717) is 16.5 Å². The highest BCUT2D eigenvalue weighted by Gasteiger charge is 2.13. The number of thioether (sulfide) groups is 1. The molecular weight excluding hydrogens is 440 g/mol. The van der Waals surface area contributed by atoms with Crippen LogP contribution < -0.4 is 5.32 Å². The summed E-state index contributed by atoms with van der Waals surface area (Å²) in [7, 11) is 0. The maximum absolute atomic E-state index is 12.4. The molecule has 6 nitrogen and oxygen atoms in total. The fourth-order valence-corrected chi connectivity index (χ4v) is 3.81. The molecule has 1 unspecified atom stereocenters. The molecule has 1 heterocycles. The summed E-state index contributed by atoms with van der Waals surface area (Å²) in [5.41, 5.74) is 2.48. The fraction of sp³-hybridized carbons (Fsp3) is 0.200. The van der Waals surface area contributed by atoms with Crippen molar-refractivity contribution < 1.29 is 9.59 Å². The molecule has 0 bridgehead atoms. The van der Waals surface area contributed by atoms with Crippen molar-refractivity contribution in [2.24, 2.45) is 0 Å². The van der Waals surface area contributed by atoms with E-state index in [1.54, 1.807) is 12.1 Å². The number of amides is 1. The van der Waals surface area contributed by atoms with E-state index < -0.39 is 0 Å². The van der Waals surface area contributed by atoms with Crippen LogP contribution in [0.1, 0.15) is 35.8 Å². The molecule has 0 aliphatic carbocycles. The number of ketones is 1. The zero-order valence-electron chi connectivity index (χ0n) is 15.4. The highest BCUT2D eigenvalue weighted by molar-refractivity contribution is 9.10. The number of H-pyrrole nitrogens is 1. The Balaban J connectivity index is 1.60. The Morgan fingerprint density at radius 2 is 1.89 bits per heavy atom. The lowest BCUT2D eigenvalue weighted by Crippen LogP contribution is -2.23. The summed E-state index contributed by atoms with van der Waals surface area (Å²) in [5.74, 6) is 0.806. The first kappa shape index (κ1) is 20.3. The molecule has 3 aromatic rings. The van der Waals surface area contributed by atoms with E-state index in [2.05, 4.69) is 36.4 Å². The van der Waals surface area contributed by atoms with Gasteiger partial charge in [-0.1, -0.05) is 70.2 Å². The van der Waals surface area contributed by atoms with Crippen LogP contribution in [0.15, 0.2) is 58.2 Å². The first-order chi connectivity index (χ1) is 13.4. The first-order valence-corrected chi connectivity index (χ1v) is 10.4. The summed E-state index contributed by atoms with van der Waals surface area (Å²) in [5, 5.41) is 10.4. The number of Topliss-reactive ketones (excluding diaryl/α,β-unsaturated/α-hetero) is 1. The molecule has 0 aliphatic rings. The molecule has 0 radical (unpaired) electrons. The number of aromatic nitrogens is 3. The van der Waals surface area contributed by atoms with Crippen LogP contribution in [0.25, 0.3) is 11.4 Å². The van der Waals surface area contributed by atoms with E-state index in [9.17, 15) is 9.59 Å². The molecule has 1 atom stereocenters. The average Bonchev–Trinajstić information content (AvgIpc) is 3.15. The summed E-state index contributed by atoms with van der Waals surface area (Å²) < 4.78 is 0.923. The Kier molecular flexibility index (Phi) is 6.64. The number of benzene rings is 2. The van der Waals surface area contributed by atoms with Gasteiger partial charge >= 0.3 is 0 Å². The minimum absolute atomic E-state index is 0.00373. The quantitative estimate of drug-likeness (QED) is 0.404. The Morgan fingerprint density at radius 1 is 1.18 bits per heavy atom. The SMILES string of the molecule is CC(=O)NC(C)c1ccc(C(=O)CSc2n[nH]c(-c3ccccc3Br)n2)cc1. The number of carbonyl (C=O) groups excluding carboxylic acids is 2. The lowest BCUT2D eigenvalue weighted by Gasteiger charge is -2.13. The molecule has 3 rings (SSSR count). The number of nitrogens with one attached hydrogen (secondary N) is 2. The van der Waals surface area contributed by atoms with Gasteiger partial charge in [0.25, 0.3) is 0 Å². The van der Waals surface area contributed by atoms with Crippen molar-refractivity contribution in [3.8, 4) is 11.4 Å². The van der Waals surface area contributed by atoms with Gasteiger partial charge in [0.15, 0.2) is 11.6 Å². The third kappa shape index (κ3) is 5.08. The van der Waals surface area contributed by atoms with Crippen molar-refractivity contribution in [1.82, 2.24) is 20.5 Å². The minimum atomic E-state index is -0.0972. The maximum atomic E-state index is 12.4. The van der Waals surface area contributed by atoms with E-state index in [4.69, 9.17) is 0 Å². The third-order valence-electron chi connectivity index (χ3n) is 4.08. The van der Waals surface area contributed by atoms with E-state index >= 15 is 0 Å². The van der Waals surface area contributed by atoms with Gasteiger partial charge in [0.1, 0.15) is 0 Å². The predicted molar refractivity (Wildman–Crippen MR) is 113 cm³/mol. The Labute approximate surface area is 175 Å². The van der Waals surface area contributed by atoms with Crippen LogP contribution in [0, 0.1) is 0 Å². The molecule has 0 aliphatic heterocycles. The molecule has 28 heavy (non-hydrogen) atoms. The molecule has 0 spiro atoms. The molecule has 1 aromatic heterocycles. The van der Waals surface area contributed by atoms with Crippen LogP contribution in [0.3, 0.4) is 0 Å². The Hall–Kier alpha value is -2.45. The number of carbonyl (C=O) groups is 2. The highest BCUT2D eigenvalue weighted by Crippen LogP contribution is 2.26. The van der Waals surface area contributed by atoms with E-state index in [1.807, 2.05) is 43.3 Å². The van der Waals surface area contributed by atoms with Gasteiger partial charge in [-0.05, 0) is 18.6 Å². The van der Waals surface area contributed by atoms with Gasteiger partial charge in [-0.25, -0.2) is 4.98 Å². The number of nitrogens with zero attached hydrogens (tertiary/aromatic N) is 2. The lowest BCUT2D eigenvalue weighted by atomic mass is 10.0. The second-order valence-corrected chi connectivity index (χ2v) is 8.00. The third-order valence-corrected chi connectivity index (χ3v) is 5.62. The van der Waals surface area contributed by atoms with E-state index in [1.165, 1.54) is 18.7 Å². The average molecular weight is 459 g/mol. The maximum Gasteiger partial charge on any atom is 0.217 e. The van der Waals surface area contributed by atoms with Gasteiger partial charge in [0.2, 0.25) is 11.1 Å². The normalized spacial score (nSPS) is 11.8. The molecule has 0 fully saturated rings. The van der Waals surface area contributed by atoms with E-state index in [-0.39, 0.29) is 23.5 Å². The zero-order valence-corrected chi connectivity index (χ0v) is 17.8. The molecule has 2 N–H and O–H groups in total. The molecule has 1 amide bonds. The van der Waals surface area contributed by atoms with Crippen molar-refractivity contribution in [1.29, 1.82) is 0 Å². The van der Waals surface area contributed by atoms with Gasteiger partial charge in [-0.2, -0.15) is 0 Å². The summed E-state index contributed by atoms with van der Waals surface area (Å²) in [6, 6.07) is 14.9. The second-order valence-electron chi connectivity index (χ2n) is 6.20. The van der Waals surface area contributed by atoms with Gasteiger partial charge in [0.05, 0.1) is 11.8 Å². The van der Waals surface area contributed by atoms with Crippen molar-refractivity contribution >= 4 is 39.4 Å². The van der Waals surface area contributed by atoms with E-state index in [0.717, 1.165) is 15.6 Å². The molecule has 0 saturated carbocycles. The van der Waals surface area contributed by atoms with Crippen LogP contribution in [0.5, 0.6) is 0 Å². The number of rotatable bonds is 7. The fourth-order valence-electron chi connectivity index (χ4n) is 2.64. The van der Waals surface area contributed by atoms with Crippen molar-refractivity contribution in [2.45, 2.75) is 25.0 Å². The number of aromatic amines is 1. The minimum Gasteiger partial charge on any atom is -0.350 e. The van der Waals surface area contributed by atoms with Gasteiger partial charge in [0, 0.05) is 22.5 Å². The zero-order chi connectivity index (χ0) is 20.1. The topological polar surface area (TPSA) is 87.7 Å². The Morgan fingerprint density at radius 3 is 2.57 bits per heavy atom. The number of hydrogen-bond acceptors (Lipinski definition) is 5. The Bertz CT molecular complexity index is 988. The van der Waals surface area contributed by atoms with Crippen LogP contribution in [-0.2, 0) is 4.79 Å². The molecule has 8 heteroatoms. The molecular formula is C20H19BrN4O2S.